The number of nitrogens with one attached hydrogen (secondary N) is 2. The van der Waals surface area contributed by atoms with Crippen molar-refractivity contribution in [2.24, 2.45) is 10.9 Å². The van der Waals surface area contributed by atoms with E-state index >= 15 is 0 Å². The van der Waals surface area contributed by atoms with Gasteiger partial charge in [-0.05, 0) is 52.3 Å². The molecule has 0 aromatic heterocycles. The molecule has 22 heavy (non-hydrogen) atoms. The van der Waals surface area contributed by atoms with E-state index in [-0.39, 0.29) is 29.5 Å². The largest absolute Gasteiger partial charge is 0.357 e. The summed E-state index contributed by atoms with van der Waals surface area (Å²) in [5.74, 6) is 2.87. The van der Waals surface area contributed by atoms with Crippen LogP contribution in [0.3, 0.4) is 0 Å². The van der Waals surface area contributed by atoms with Crippen LogP contribution in [0.15, 0.2) is 4.99 Å². The van der Waals surface area contributed by atoms with Gasteiger partial charge in [0.05, 0.1) is 6.54 Å². The first-order valence-electron chi connectivity index (χ1n) is 8.25. The highest BCUT2D eigenvalue weighted by Gasteiger charge is 2.29. The zero-order chi connectivity index (χ0) is 15.7. The van der Waals surface area contributed by atoms with Crippen LogP contribution in [0.25, 0.3) is 0 Å². The summed E-state index contributed by atoms with van der Waals surface area (Å²) in [5.41, 5.74) is 0.135. The summed E-state index contributed by atoms with van der Waals surface area (Å²) in [5, 5.41) is 6.74. The maximum atomic E-state index is 4.80. The minimum atomic E-state index is 0. The molecule has 0 amide bonds. The molecule has 0 aromatic carbocycles. The normalized spacial score (nSPS) is 20.4. The van der Waals surface area contributed by atoms with Gasteiger partial charge < -0.3 is 10.6 Å². The number of rotatable bonds is 7. The third kappa shape index (κ3) is 8.24. The molecule has 1 rings (SSSR count). The van der Waals surface area contributed by atoms with E-state index in [2.05, 4.69) is 49.5 Å². The molecule has 1 unspecified atom stereocenters. The first-order chi connectivity index (χ1) is 9.99. The average Bonchev–Trinajstić information content (AvgIpc) is 2.45. The molecule has 0 spiro atoms. The summed E-state index contributed by atoms with van der Waals surface area (Å²) in [4.78, 5) is 7.41. The Morgan fingerprint density at radius 1 is 1.36 bits per heavy atom. The van der Waals surface area contributed by atoms with Crippen molar-refractivity contribution in [2.45, 2.75) is 46.1 Å². The van der Waals surface area contributed by atoms with Crippen LogP contribution < -0.4 is 10.6 Å². The van der Waals surface area contributed by atoms with Gasteiger partial charge in [-0.3, -0.25) is 9.89 Å². The zero-order valence-electron chi connectivity index (χ0n) is 14.9. The van der Waals surface area contributed by atoms with Crippen molar-refractivity contribution in [3.05, 3.63) is 0 Å². The van der Waals surface area contributed by atoms with Crippen molar-refractivity contribution >= 4 is 41.7 Å². The molecule has 1 heterocycles. The highest BCUT2D eigenvalue weighted by molar-refractivity contribution is 14.0. The summed E-state index contributed by atoms with van der Waals surface area (Å²) < 4.78 is 0. The van der Waals surface area contributed by atoms with Crippen LogP contribution in [0, 0.1) is 5.92 Å². The number of thioether (sulfide) groups is 1. The lowest BCUT2D eigenvalue weighted by Gasteiger charge is -2.42. The quantitative estimate of drug-likeness (QED) is 0.275. The smallest absolute Gasteiger partial charge is 0.191 e. The van der Waals surface area contributed by atoms with E-state index < -0.39 is 0 Å². The Morgan fingerprint density at radius 2 is 2.09 bits per heavy atom. The molecule has 2 N–H and O–H groups in total. The molecule has 0 aliphatic carbocycles. The second kappa shape index (κ2) is 11.8. The zero-order valence-corrected chi connectivity index (χ0v) is 18.1. The number of aliphatic imine (C=N–C) groups is 1. The highest BCUT2D eigenvalue weighted by Crippen LogP contribution is 2.23. The van der Waals surface area contributed by atoms with Crippen molar-refractivity contribution in [2.75, 3.05) is 44.7 Å². The number of likely N-dealkylation sites (tertiary alicyclic amines) is 1. The fourth-order valence-electron chi connectivity index (χ4n) is 2.72. The summed E-state index contributed by atoms with van der Waals surface area (Å²) >= 11 is 1.85. The van der Waals surface area contributed by atoms with Gasteiger partial charge in [0.1, 0.15) is 0 Å². The lowest BCUT2D eigenvalue weighted by molar-refractivity contribution is 0.0774. The number of hydrogen-bond donors (Lipinski definition) is 2. The maximum Gasteiger partial charge on any atom is 0.191 e. The Kier molecular flexibility index (Phi) is 12.0. The molecule has 0 saturated carbocycles. The Hall–Kier alpha value is 0.310. The fourth-order valence-corrected chi connectivity index (χ4v) is 3.03. The minimum absolute atomic E-state index is 0. The van der Waals surface area contributed by atoms with Crippen molar-refractivity contribution in [3.63, 3.8) is 0 Å². The molecule has 1 aliphatic heterocycles. The van der Waals surface area contributed by atoms with Crippen LogP contribution >= 0.6 is 35.7 Å². The van der Waals surface area contributed by atoms with E-state index in [0.717, 1.165) is 37.3 Å². The van der Waals surface area contributed by atoms with E-state index in [9.17, 15) is 0 Å². The van der Waals surface area contributed by atoms with Gasteiger partial charge in [0.2, 0.25) is 0 Å². The van der Waals surface area contributed by atoms with Crippen LogP contribution in [0.2, 0.25) is 0 Å². The van der Waals surface area contributed by atoms with Crippen molar-refractivity contribution in [1.82, 2.24) is 15.5 Å². The Balaban J connectivity index is 0.00000441. The van der Waals surface area contributed by atoms with Gasteiger partial charge in [0.15, 0.2) is 5.96 Å². The minimum Gasteiger partial charge on any atom is -0.357 e. The fraction of sp³-hybridized carbons (Fsp3) is 0.938. The molecule has 1 saturated heterocycles. The molecule has 0 bridgehead atoms. The summed E-state index contributed by atoms with van der Waals surface area (Å²) in [6.45, 7) is 14.2. The molecule has 1 atom stereocenters. The van der Waals surface area contributed by atoms with E-state index in [4.69, 9.17) is 4.99 Å². The predicted molar refractivity (Wildman–Crippen MR) is 112 cm³/mol. The van der Waals surface area contributed by atoms with Crippen molar-refractivity contribution < 1.29 is 0 Å². The molecule has 4 nitrogen and oxygen atoms in total. The van der Waals surface area contributed by atoms with Crippen molar-refractivity contribution in [3.8, 4) is 0 Å². The Bertz CT molecular complexity index is 323. The maximum absolute atomic E-state index is 4.80. The summed E-state index contributed by atoms with van der Waals surface area (Å²) in [7, 11) is 0. The van der Waals surface area contributed by atoms with Crippen LogP contribution in [0.5, 0.6) is 0 Å². The molecular formula is C16H35IN4S. The molecular weight excluding hydrogens is 407 g/mol. The SMILES string of the molecule is CCNC(=NCC(C)(C)N1CCCC(C)C1)NCCSC.I. The molecule has 6 heteroatoms. The third-order valence-electron chi connectivity index (χ3n) is 4.08. The Morgan fingerprint density at radius 3 is 2.68 bits per heavy atom. The van der Waals surface area contributed by atoms with Crippen LogP contribution in [0.4, 0.5) is 0 Å². The van der Waals surface area contributed by atoms with Gasteiger partial charge in [-0.25, -0.2) is 0 Å². The lowest BCUT2D eigenvalue weighted by Crippen LogP contribution is -2.51. The van der Waals surface area contributed by atoms with Crippen molar-refractivity contribution in [1.29, 1.82) is 0 Å². The van der Waals surface area contributed by atoms with Crippen LogP contribution in [-0.4, -0.2) is 61.1 Å². The van der Waals surface area contributed by atoms with Gasteiger partial charge in [-0.1, -0.05) is 6.92 Å². The monoisotopic (exact) mass is 442 g/mol. The summed E-state index contributed by atoms with van der Waals surface area (Å²) in [6, 6.07) is 0. The van der Waals surface area contributed by atoms with Crippen LogP contribution in [0.1, 0.15) is 40.5 Å². The lowest BCUT2D eigenvalue weighted by atomic mass is 9.94. The number of guanidine groups is 1. The Labute approximate surface area is 158 Å². The van der Waals surface area contributed by atoms with E-state index in [1.807, 2.05) is 11.8 Å². The average molecular weight is 442 g/mol. The van der Waals surface area contributed by atoms with Gasteiger partial charge in [-0.2, -0.15) is 11.8 Å². The second-order valence-corrected chi connectivity index (χ2v) is 7.61. The molecule has 0 radical (unpaired) electrons. The number of halogens is 1. The van der Waals surface area contributed by atoms with E-state index in [0.29, 0.717) is 0 Å². The van der Waals surface area contributed by atoms with Gasteiger partial charge >= 0.3 is 0 Å². The van der Waals surface area contributed by atoms with Gasteiger partial charge in [0.25, 0.3) is 0 Å². The number of piperidine rings is 1. The molecule has 1 fully saturated rings. The topological polar surface area (TPSA) is 39.7 Å². The standard InChI is InChI=1S/C16H34N4S.HI/c1-6-17-15(18-9-11-21-5)19-13-16(3,4)20-10-7-8-14(2)12-20;/h14H,6-13H2,1-5H3,(H2,17,18,19);1H. The van der Waals surface area contributed by atoms with E-state index in [1.165, 1.54) is 25.9 Å². The predicted octanol–water partition coefficient (Wildman–Crippen LogP) is 3.03. The number of hydrogen-bond acceptors (Lipinski definition) is 3. The second-order valence-electron chi connectivity index (χ2n) is 6.62. The first kappa shape index (κ1) is 22.3. The van der Waals surface area contributed by atoms with Crippen LogP contribution in [-0.2, 0) is 0 Å². The van der Waals surface area contributed by atoms with Gasteiger partial charge in [-0.15, -0.1) is 24.0 Å². The molecule has 1 aliphatic rings. The molecule has 132 valence electrons. The molecule has 0 aromatic rings. The highest BCUT2D eigenvalue weighted by atomic mass is 127. The first-order valence-corrected chi connectivity index (χ1v) is 9.65. The summed E-state index contributed by atoms with van der Waals surface area (Å²) in [6.07, 6.45) is 4.82. The third-order valence-corrected chi connectivity index (χ3v) is 4.69. The van der Waals surface area contributed by atoms with E-state index in [1.54, 1.807) is 0 Å². The number of nitrogens with zero attached hydrogens (tertiary/aromatic N) is 2. The van der Waals surface area contributed by atoms with Gasteiger partial charge in [0, 0.05) is 30.9 Å².